The average Bonchev–Trinajstić information content (AvgIpc) is 2.86. The van der Waals surface area contributed by atoms with Crippen LogP contribution in [0.5, 0.6) is 0 Å². The Morgan fingerprint density at radius 3 is 2.25 bits per heavy atom. The van der Waals surface area contributed by atoms with Gasteiger partial charge in [-0.05, 0) is 50.3 Å². The van der Waals surface area contributed by atoms with Gasteiger partial charge in [0.25, 0.3) is 0 Å². The molecule has 2 aliphatic heterocycles. The fraction of sp³-hybridized carbons (Fsp3) is 0.611. The van der Waals surface area contributed by atoms with Crippen molar-refractivity contribution in [1.29, 1.82) is 0 Å². The van der Waals surface area contributed by atoms with Crippen LogP contribution >= 0.6 is 0 Å². The zero-order chi connectivity index (χ0) is 17.3. The maximum absolute atomic E-state index is 12.7. The number of carbonyl (C=O) groups is 1. The molecular weight excluding hydrogens is 324 g/mol. The summed E-state index contributed by atoms with van der Waals surface area (Å²) >= 11 is 0. The van der Waals surface area contributed by atoms with Crippen LogP contribution < -0.4 is 5.32 Å². The topological polar surface area (TPSA) is 66.5 Å². The van der Waals surface area contributed by atoms with Crippen LogP contribution in [0.1, 0.15) is 38.2 Å². The van der Waals surface area contributed by atoms with Gasteiger partial charge in [0, 0.05) is 30.9 Å². The zero-order valence-corrected chi connectivity index (χ0v) is 15.2. The third kappa shape index (κ3) is 3.81. The van der Waals surface area contributed by atoms with E-state index >= 15 is 0 Å². The minimum Gasteiger partial charge on any atom is -0.340 e. The second kappa shape index (κ2) is 6.84. The van der Waals surface area contributed by atoms with Crippen LogP contribution in [0.2, 0.25) is 0 Å². The molecule has 0 radical (unpaired) electrons. The highest BCUT2D eigenvalue weighted by atomic mass is 32.2. The highest BCUT2D eigenvalue weighted by Gasteiger charge is 2.36. The molecule has 2 fully saturated rings. The van der Waals surface area contributed by atoms with Crippen LogP contribution in [0.25, 0.3) is 0 Å². The summed E-state index contributed by atoms with van der Waals surface area (Å²) in [5.41, 5.74) is 0.864. The molecule has 0 aromatic heterocycles. The third-order valence-corrected chi connectivity index (χ3v) is 6.39. The monoisotopic (exact) mass is 350 g/mol. The predicted octanol–water partition coefficient (Wildman–Crippen LogP) is 1.76. The number of rotatable bonds is 5. The molecule has 2 heterocycles. The van der Waals surface area contributed by atoms with Crippen molar-refractivity contribution in [3.8, 4) is 0 Å². The number of hydrogen-bond donors (Lipinski definition) is 1. The molecular formula is C18H26N2O3S. The Kier molecular flexibility index (Phi) is 4.97. The number of hydrogen-bond acceptors (Lipinski definition) is 4. The van der Waals surface area contributed by atoms with Crippen molar-refractivity contribution in [3.05, 3.63) is 29.8 Å². The summed E-state index contributed by atoms with van der Waals surface area (Å²) in [7, 11) is -3.19. The van der Waals surface area contributed by atoms with E-state index in [1.54, 1.807) is 24.3 Å². The first-order chi connectivity index (χ1) is 11.4. The van der Waals surface area contributed by atoms with Crippen molar-refractivity contribution >= 4 is 15.7 Å². The van der Waals surface area contributed by atoms with Crippen molar-refractivity contribution in [2.75, 3.05) is 12.8 Å². The van der Waals surface area contributed by atoms with Gasteiger partial charge in [-0.3, -0.25) is 4.79 Å². The molecule has 2 aliphatic rings. The molecule has 24 heavy (non-hydrogen) atoms. The van der Waals surface area contributed by atoms with Crippen LogP contribution in [0.3, 0.4) is 0 Å². The van der Waals surface area contributed by atoms with E-state index < -0.39 is 9.84 Å². The number of likely N-dealkylation sites (N-methyl/N-ethyl adjacent to an activating group) is 1. The van der Waals surface area contributed by atoms with Crippen LogP contribution in [0.4, 0.5) is 0 Å². The largest absolute Gasteiger partial charge is 0.340 e. The van der Waals surface area contributed by atoms with Crippen LogP contribution in [0.15, 0.2) is 29.2 Å². The molecule has 3 rings (SSSR count). The van der Waals surface area contributed by atoms with Gasteiger partial charge in [-0.2, -0.15) is 0 Å². The number of fused-ring (bicyclic) bond motifs is 2. The van der Waals surface area contributed by atoms with Crippen molar-refractivity contribution in [2.24, 2.45) is 0 Å². The molecule has 6 heteroatoms. The van der Waals surface area contributed by atoms with Crippen molar-refractivity contribution in [2.45, 2.75) is 62.0 Å². The Hall–Kier alpha value is -1.40. The highest BCUT2D eigenvalue weighted by Crippen LogP contribution is 2.30. The van der Waals surface area contributed by atoms with Gasteiger partial charge in [0.2, 0.25) is 5.91 Å². The second-order valence-electron chi connectivity index (χ2n) is 7.04. The number of nitrogens with one attached hydrogen (secondary N) is 1. The summed E-state index contributed by atoms with van der Waals surface area (Å²) in [6.07, 6.45) is 6.06. The summed E-state index contributed by atoms with van der Waals surface area (Å²) in [5.74, 6) is 0.135. The maximum Gasteiger partial charge on any atom is 0.227 e. The summed E-state index contributed by atoms with van der Waals surface area (Å²) in [6, 6.07) is 8.10. The first-order valence-corrected chi connectivity index (χ1v) is 10.6. The fourth-order valence-electron chi connectivity index (χ4n) is 4.05. The highest BCUT2D eigenvalue weighted by molar-refractivity contribution is 7.90. The minimum absolute atomic E-state index is 0.135. The molecule has 5 nitrogen and oxygen atoms in total. The normalized spacial score (nSPS) is 26.3. The number of sulfone groups is 1. The van der Waals surface area contributed by atoms with Crippen molar-refractivity contribution in [3.63, 3.8) is 0 Å². The number of nitrogens with zero attached hydrogens (tertiary/aromatic N) is 1. The quantitative estimate of drug-likeness (QED) is 0.879. The molecule has 1 N–H and O–H groups in total. The van der Waals surface area contributed by atoms with Gasteiger partial charge in [-0.1, -0.05) is 12.1 Å². The van der Waals surface area contributed by atoms with E-state index in [0.717, 1.165) is 24.9 Å². The Bertz CT molecular complexity index is 687. The van der Waals surface area contributed by atoms with Crippen LogP contribution in [-0.2, 0) is 21.1 Å². The zero-order valence-electron chi connectivity index (χ0n) is 14.4. The van der Waals surface area contributed by atoms with Gasteiger partial charge in [-0.25, -0.2) is 8.42 Å². The van der Waals surface area contributed by atoms with E-state index in [1.807, 2.05) is 11.8 Å². The average molecular weight is 350 g/mol. The Morgan fingerprint density at radius 2 is 1.75 bits per heavy atom. The van der Waals surface area contributed by atoms with Gasteiger partial charge in [0.15, 0.2) is 9.84 Å². The van der Waals surface area contributed by atoms with Gasteiger partial charge < -0.3 is 10.2 Å². The van der Waals surface area contributed by atoms with Crippen LogP contribution in [-0.4, -0.2) is 50.2 Å². The van der Waals surface area contributed by atoms with E-state index in [0.29, 0.717) is 29.4 Å². The Morgan fingerprint density at radius 1 is 1.17 bits per heavy atom. The first-order valence-electron chi connectivity index (χ1n) is 8.71. The molecule has 3 atom stereocenters. The predicted molar refractivity (Wildman–Crippen MR) is 93.6 cm³/mol. The van der Waals surface area contributed by atoms with Crippen molar-refractivity contribution < 1.29 is 13.2 Å². The molecule has 1 unspecified atom stereocenters. The third-order valence-electron chi connectivity index (χ3n) is 5.26. The summed E-state index contributed by atoms with van der Waals surface area (Å²) in [4.78, 5) is 15.0. The molecule has 132 valence electrons. The Labute approximate surface area is 144 Å². The van der Waals surface area contributed by atoms with Gasteiger partial charge in [0.1, 0.15) is 0 Å². The lowest BCUT2D eigenvalue weighted by atomic mass is 9.97. The maximum atomic E-state index is 12.7. The van der Waals surface area contributed by atoms with Gasteiger partial charge in [-0.15, -0.1) is 0 Å². The smallest absolute Gasteiger partial charge is 0.227 e. The standard InChI is InChI=1S/C18H26N2O3S/c1-3-20(16-11-14-6-7-15(12-16)19-14)18(21)10-13-4-8-17(9-5-13)24(2,22)23/h4-5,8-9,14-16,19H,3,6-7,10-12H2,1-2H3/t14-,15+,16?. The minimum atomic E-state index is -3.19. The van der Waals surface area contributed by atoms with E-state index in [2.05, 4.69) is 5.32 Å². The van der Waals surface area contributed by atoms with E-state index in [9.17, 15) is 13.2 Å². The molecule has 0 spiro atoms. The van der Waals surface area contributed by atoms with Crippen molar-refractivity contribution in [1.82, 2.24) is 10.2 Å². The van der Waals surface area contributed by atoms with Crippen LogP contribution in [0, 0.1) is 0 Å². The second-order valence-corrected chi connectivity index (χ2v) is 9.05. The molecule has 2 saturated heterocycles. The number of piperidine rings is 1. The number of amides is 1. The SMILES string of the molecule is CCN(C(=O)Cc1ccc(S(C)(=O)=O)cc1)C1C[C@H]2CC[C@@H](C1)N2. The van der Waals surface area contributed by atoms with E-state index in [-0.39, 0.29) is 5.91 Å². The summed E-state index contributed by atoms with van der Waals surface area (Å²) < 4.78 is 23.0. The van der Waals surface area contributed by atoms with Gasteiger partial charge in [0.05, 0.1) is 11.3 Å². The first kappa shape index (κ1) is 17.4. The molecule has 1 amide bonds. The molecule has 2 bridgehead atoms. The molecule has 0 aliphatic carbocycles. The number of benzene rings is 1. The summed E-state index contributed by atoms with van der Waals surface area (Å²) in [5, 5.41) is 3.61. The van der Waals surface area contributed by atoms with Gasteiger partial charge >= 0.3 is 0 Å². The fourth-order valence-corrected chi connectivity index (χ4v) is 4.68. The Balaban J connectivity index is 1.66. The summed E-state index contributed by atoms with van der Waals surface area (Å²) in [6.45, 7) is 2.76. The van der Waals surface area contributed by atoms with E-state index in [1.165, 1.54) is 19.1 Å². The van der Waals surface area contributed by atoms with E-state index in [4.69, 9.17) is 0 Å². The molecule has 1 aromatic rings. The molecule has 1 aromatic carbocycles. The lowest BCUT2D eigenvalue weighted by molar-refractivity contribution is -0.133. The number of carbonyl (C=O) groups excluding carboxylic acids is 1. The lowest BCUT2D eigenvalue weighted by Gasteiger charge is -2.37. The molecule has 0 saturated carbocycles. The lowest BCUT2D eigenvalue weighted by Crippen LogP contribution is -2.50.